The minimum Gasteiger partial charge on any atom is -0.370 e. The molecule has 1 aromatic carbocycles. The molecule has 1 heterocycles. The molecule has 0 radical (unpaired) electrons. The van der Waals surface area contributed by atoms with Crippen LogP contribution < -0.4 is 0 Å². The van der Waals surface area contributed by atoms with Gasteiger partial charge in [0.05, 0.1) is 19.3 Å². The van der Waals surface area contributed by atoms with Gasteiger partial charge in [0.15, 0.2) is 5.79 Å². The van der Waals surface area contributed by atoms with Gasteiger partial charge in [-0.15, -0.1) is 6.58 Å². The maximum absolute atomic E-state index is 5.97. The topological polar surface area (TPSA) is 27.7 Å². The zero-order chi connectivity index (χ0) is 13.7. The van der Waals surface area contributed by atoms with Crippen molar-refractivity contribution >= 4 is 0 Å². The first-order valence-electron chi connectivity index (χ1n) is 6.69. The summed E-state index contributed by atoms with van der Waals surface area (Å²) in [6.45, 7) is 8.79. The summed E-state index contributed by atoms with van der Waals surface area (Å²) in [7, 11) is 0. The molecule has 0 saturated carbocycles. The van der Waals surface area contributed by atoms with E-state index in [1.807, 2.05) is 38.1 Å². The molecule has 104 valence electrons. The summed E-state index contributed by atoms with van der Waals surface area (Å²) >= 11 is 0. The normalized spacial score (nSPS) is 23.2. The van der Waals surface area contributed by atoms with Crippen LogP contribution in [0.3, 0.4) is 0 Å². The minimum absolute atomic E-state index is 0.0144. The molecule has 1 fully saturated rings. The quantitative estimate of drug-likeness (QED) is 0.736. The van der Waals surface area contributed by atoms with Crippen LogP contribution in [0.2, 0.25) is 0 Å². The number of hydrogen-bond donors (Lipinski definition) is 0. The third-order valence-electron chi connectivity index (χ3n) is 3.15. The summed E-state index contributed by atoms with van der Waals surface area (Å²) in [6, 6.07) is 10.1. The van der Waals surface area contributed by atoms with Crippen molar-refractivity contribution in [2.75, 3.05) is 6.61 Å². The van der Waals surface area contributed by atoms with E-state index in [2.05, 4.69) is 18.7 Å². The number of benzene rings is 1. The van der Waals surface area contributed by atoms with E-state index >= 15 is 0 Å². The van der Waals surface area contributed by atoms with E-state index in [0.717, 1.165) is 12.0 Å². The molecule has 0 aliphatic carbocycles. The highest BCUT2D eigenvalue weighted by atomic mass is 16.7. The van der Waals surface area contributed by atoms with Gasteiger partial charge < -0.3 is 14.2 Å². The van der Waals surface area contributed by atoms with Crippen LogP contribution in [-0.2, 0) is 20.8 Å². The van der Waals surface area contributed by atoms with E-state index in [9.17, 15) is 0 Å². The number of hydrogen-bond acceptors (Lipinski definition) is 3. The van der Waals surface area contributed by atoms with E-state index < -0.39 is 5.79 Å². The predicted octanol–water partition coefficient (Wildman–Crippen LogP) is 3.30. The van der Waals surface area contributed by atoms with E-state index in [1.165, 1.54) is 0 Å². The Labute approximate surface area is 115 Å². The zero-order valence-electron chi connectivity index (χ0n) is 11.7. The Balaban J connectivity index is 1.91. The maximum Gasteiger partial charge on any atom is 0.163 e. The van der Waals surface area contributed by atoms with Crippen LogP contribution in [0.4, 0.5) is 0 Å². The van der Waals surface area contributed by atoms with Crippen molar-refractivity contribution in [1.82, 2.24) is 0 Å². The standard InChI is InChI=1S/C16H22O3/c1-4-8-14(15-12-18-16(2,3)19-15)17-11-13-9-6-5-7-10-13/h4-7,9-10,14-15H,1,8,11-12H2,2-3H3/t14-,15+/m1/s1. The lowest BCUT2D eigenvalue weighted by atomic mass is 10.1. The molecule has 1 aliphatic heterocycles. The van der Waals surface area contributed by atoms with Gasteiger partial charge in [-0.05, 0) is 25.8 Å². The summed E-state index contributed by atoms with van der Waals surface area (Å²) in [5.41, 5.74) is 1.16. The molecule has 3 heteroatoms. The Morgan fingerprint density at radius 3 is 2.74 bits per heavy atom. The second-order valence-electron chi connectivity index (χ2n) is 5.23. The van der Waals surface area contributed by atoms with E-state index in [1.54, 1.807) is 0 Å². The second-order valence-corrected chi connectivity index (χ2v) is 5.23. The summed E-state index contributed by atoms with van der Waals surface area (Å²) in [4.78, 5) is 0. The van der Waals surface area contributed by atoms with Crippen molar-refractivity contribution in [3.05, 3.63) is 48.6 Å². The smallest absolute Gasteiger partial charge is 0.163 e. The van der Waals surface area contributed by atoms with Gasteiger partial charge in [-0.3, -0.25) is 0 Å². The van der Waals surface area contributed by atoms with Crippen molar-refractivity contribution in [1.29, 1.82) is 0 Å². The van der Waals surface area contributed by atoms with E-state index in [4.69, 9.17) is 14.2 Å². The van der Waals surface area contributed by atoms with Crippen LogP contribution in [0.1, 0.15) is 25.8 Å². The lowest BCUT2D eigenvalue weighted by Gasteiger charge is -2.23. The Morgan fingerprint density at radius 2 is 2.16 bits per heavy atom. The summed E-state index contributed by atoms with van der Waals surface area (Å²) < 4.78 is 17.4. The van der Waals surface area contributed by atoms with Crippen LogP contribution in [0.15, 0.2) is 43.0 Å². The average Bonchev–Trinajstić information content (AvgIpc) is 2.76. The van der Waals surface area contributed by atoms with Gasteiger partial charge in [0.25, 0.3) is 0 Å². The van der Waals surface area contributed by atoms with Gasteiger partial charge in [0, 0.05) is 0 Å². The third kappa shape index (κ3) is 4.16. The SMILES string of the molecule is C=CC[C@@H](OCc1ccccc1)[C@@H]1COC(C)(C)O1. The van der Waals surface area contributed by atoms with Gasteiger partial charge >= 0.3 is 0 Å². The molecule has 1 aliphatic rings. The zero-order valence-corrected chi connectivity index (χ0v) is 11.7. The summed E-state index contributed by atoms with van der Waals surface area (Å²) in [6.07, 6.45) is 2.58. The van der Waals surface area contributed by atoms with Gasteiger partial charge in [0.1, 0.15) is 6.10 Å². The predicted molar refractivity (Wildman–Crippen MR) is 74.7 cm³/mol. The lowest BCUT2D eigenvalue weighted by Crippen LogP contribution is -2.32. The highest BCUT2D eigenvalue weighted by Gasteiger charge is 2.37. The minimum atomic E-state index is -0.514. The first-order chi connectivity index (χ1) is 9.11. The molecule has 0 bridgehead atoms. The van der Waals surface area contributed by atoms with Gasteiger partial charge in [-0.1, -0.05) is 36.4 Å². The third-order valence-corrected chi connectivity index (χ3v) is 3.15. The Bertz CT molecular complexity index is 400. The van der Waals surface area contributed by atoms with Crippen LogP contribution in [0.25, 0.3) is 0 Å². The second kappa shape index (κ2) is 6.33. The highest BCUT2D eigenvalue weighted by Crippen LogP contribution is 2.27. The van der Waals surface area contributed by atoms with Crippen LogP contribution in [-0.4, -0.2) is 24.6 Å². The molecule has 19 heavy (non-hydrogen) atoms. The molecule has 0 aromatic heterocycles. The van der Waals surface area contributed by atoms with Crippen molar-refractivity contribution in [2.45, 2.75) is 44.9 Å². The van der Waals surface area contributed by atoms with Crippen molar-refractivity contribution in [3.63, 3.8) is 0 Å². The molecule has 2 rings (SSSR count). The first kappa shape index (κ1) is 14.3. The van der Waals surface area contributed by atoms with Gasteiger partial charge in [-0.2, -0.15) is 0 Å². The highest BCUT2D eigenvalue weighted by molar-refractivity contribution is 5.13. The Morgan fingerprint density at radius 1 is 1.42 bits per heavy atom. The molecule has 1 aromatic rings. The molecule has 3 nitrogen and oxygen atoms in total. The van der Waals surface area contributed by atoms with E-state index in [-0.39, 0.29) is 12.2 Å². The fourth-order valence-corrected chi connectivity index (χ4v) is 2.17. The molecule has 0 N–H and O–H groups in total. The Kier molecular flexibility index (Phi) is 4.75. The monoisotopic (exact) mass is 262 g/mol. The summed E-state index contributed by atoms with van der Waals surface area (Å²) in [5, 5.41) is 0. The molecule has 1 saturated heterocycles. The summed E-state index contributed by atoms with van der Waals surface area (Å²) in [5.74, 6) is -0.514. The molecular weight excluding hydrogens is 240 g/mol. The van der Waals surface area contributed by atoms with Gasteiger partial charge in [-0.25, -0.2) is 0 Å². The van der Waals surface area contributed by atoms with E-state index in [0.29, 0.717) is 13.2 Å². The average molecular weight is 262 g/mol. The van der Waals surface area contributed by atoms with Crippen molar-refractivity contribution < 1.29 is 14.2 Å². The molecule has 0 unspecified atom stereocenters. The van der Waals surface area contributed by atoms with Crippen molar-refractivity contribution in [2.24, 2.45) is 0 Å². The van der Waals surface area contributed by atoms with Crippen LogP contribution in [0.5, 0.6) is 0 Å². The molecule has 0 spiro atoms. The molecule has 0 amide bonds. The van der Waals surface area contributed by atoms with Crippen LogP contribution >= 0.6 is 0 Å². The first-order valence-corrected chi connectivity index (χ1v) is 6.69. The number of rotatable bonds is 6. The Hall–Kier alpha value is -1.16. The molecular formula is C16H22O3. The van der Waals surface area contributed by atoms with Crippen molar-refractivity contribution in [3.8, 4) is 0 Å². The fraction of sp³-hybridized carbons (Fsp3) is 0.500. The van der Waals surface area contributed by atoms with Crippen LogP contribution in [0, 0.1) is 0 Å². The van der Waals surface area contributed by atoms with Gasteiger partial charge in [0.2, 0.25) is 0 Å². The maximum atomic E-state index is 5.97. The lowest BCUT2D eigenvalue weighted by molar-refractivity contribution is -0.157. The molecule has 2 atom stereocenters. The fourth-order valence-electron chi connectivity index (χ4n) is 2.17. The largest absolute Gasteiger partial charge is 0.370 e. The number of ether oxygens (including phenoxy) is 3.